The van der Waals surface area contributed by atoms with Crippen molar-refractivity contribution in [1.82, 2.24) is 4.90 Å². The van der Waals surface area contributed by atoms with Gasteiger partial charge in [-0.2, -0.15) is 0 Å². The number of rotatable bonds is 1. The van der Waals surface area contributed by atoms with E-state index in [1.807, 2.05) is 0 Å². The summed E-state index contributed by atoms with van der Waals surface area (Å²) in [7, 11) is 0. The molecule has 1 unspecified atom stereocenters. The van der Waals surface area contributed by atoms with Crippen LogP contribution in [0.4, 0.5) is 4.79 Å². The van der Waals surface area contributed by atoms with Crippen LogP contribution >= 0.6 is 0 Å². The Labute approximate surface area is 59.6 Å². The molecule has 1 heterocycles. The van der Waals surface area contributed by atoms with Crippen LogP contribution < -0.4 is 5.73 Å². The molecule has 0 radical (unpaired) electrons. The van der Waals surface area contributed by atoms with Gasteiger partial charge in [0.05, 0.1) is 0 Å². The first-order chi connectivity index (χ1) is 4.75. The van der Waals surface area contributed by atoms with Gasteiger partial charge >= 0.3 is 6.09 Å². The first-order valence-electron chi connectivity index (χ1n) is 3.45. The average molecular weight is 144 g/mol. The van der Waals surface area contributed by atoms with E-state index in [-0.39, 0.29) is 6.04 Å². The number of likely N-dealkylation sites (tertiary alicyclic amines) is 1. The van der Waals surface area contributed by atoms with E-state index < -0.39 is 6.09 Å². The molecular formula is C6H12N2O2. The standard InChI is InChI=1S/C6H12N2O2/c7-4-5-2-1-3-8(5)6(9)10/h5H,1-4,7H2,(H,9,10). The number of carbonyl (C=O) groups is 1. The lowest BCUT2D eigenvalue weighted by Crippen LogP contribution is -2.38. The van der Waals surface area contributed by atoms with Crippen molar-refractivity contribution in [2.75, 3.05) is 13.1 Å². The highest BCUT2D eigenvalue weighted by Crippen LogP contribution is 2.15. The third kappa shape index (κ3) is 1.21. The van der Waals surface area contributed by atoms with Gasteiger partial charge in [-0.3, -0.25) is 0 Å². The van der Waals surface area contributed by atoms with Crippen LogP contribution in [0.1, 0.15) is 12.8 Å². The molecule has 3 N–H and O–H groups in total. The van der Waals surface area contributed by atoms with E-state index in [4.69, 9.17) is 10.8 Å². The van der Waals surface area contributed by atoms with E-state index in [1.165, 1.54) is 4.90 Å². The molecule has 10 heavy (non-hydrogen) atoms. The molecule has 0 spiro atoms. The van der Waals surface area contributed by atoms with E-state index in [0.717, 1.165) is 12.8 Å². The number of amides is 1. The maximum absolute atomic E-state index is 10.4. The smallest absolute Gasteiger partial charge is 0.407 e. The number of hydrogen-bond donors (Lipinski definition) is 2. The quantitative estimate of drug-likeness (QED) is 0.548. The highest BCUT2D eigenvalue weighted by molar-refractivity contribution is 5.65. The molecule has 58 valence electrons. The van der Waals surface area contributed by atoms with Gasteiger partial charge in [-0.1, -0.05) is 0 Å². The highest BCUT2D eigenvalue weighted by atomic mass is 16.4. The summed E-state index contributed by atoms with van der Waals surface area (Å²) in [6.45, 7) is 1.10. The van der Waals surface area contributed by atoms with E-state index in [1.54, 1.807) is 0 Å². The minimum Gasteiger partial charge on any atom is -0.465 e. The van der Waals surface area contributed by atoms with Gasteiger partial charge in [-0.15, -0.1) is 0 Å². The summed E-state index contributed by atoms with van der Waals surface area (Å²) in [5, 5.41) is 8.59. The van der Waals surface area contributed by atoms with Crippen LogP contribution in [0.25, 0.3) is 0 Å². The number of carboxylic acid groups (broad SMARTS) is 1. The molecule has 1 aliphatic rings. The number of nitrogens with two attached hydrogens (primary N) is 1. The lowest BCUT2D eigenvalue weighted by Gasteiger charge is -2.18. The van der Waals surface area contributed by atoms with Crippen LogP contribution in [0.3, 0.4) is 0 Å². The largest absolute Gasteiger partial charge is 0.465 e. The molecule has 1 saturated heterocycles. The second kappa shape index (κ2) is 2.88. The van der Waals surface area contributed by atoms with Crippen LogP contribution in [0.2, 0.25) is 0 Å². The molecule has 0 aliphatic carbocycles. The van der Waals surface area contributed by atoms with Gasteiger partial charge in [0.2, 0.25) is 0 Å². The maximum atomic E-state index is 10.4. The van der Waals surface area contributed by atoms with Crippen molar-refractivity contribution >= 4 is 6.09 Å². The van der Waals surface area contributed by atoms with Gasteiger partial charge in [0, 0.05) is 19.1 Å². The molecule has 0 saturated carbocycles. The van der Waals surface area contributed by atoms with Crippen molar-refractivity contribution in [3.05, 3.63) is 0 Å². The third-order valence-electron chi connectivity index (χ3n) is 1.89. The first kappa shape index (κ1) is 7.34. The molecule has 1 amide bonds. The number of nitrogens with zero attached hydrogens (tertiary/aromatic N) is 1. The monoisotopic (exact) mass is 144 g/mol. The fourth-order valence-electron chi connectivity index (χ4n) is 1.33. The summed E-state index contributed by atoms with van der Waals surface area (Å²) in [5.74, 6) is 0. The maximum Gasteiger partial charge on any atom is 0.407 e. The van der Waals surface area contributed by atoms with Crippen LogP contribution in [0, 0.1) is 0 Å². The first-order valence-corrected chi connectivity index (χ1v) is 3.45. The minimum atomic E-state index is -0.840. The van der Waals surface area contributed by atoms with Gasteiger partial charge in [-0.05, 0) is 12.8 Å². The predicted octanol–water partition coefficient (Wildman–Crippen LogP) is 0.0875. The van der Waals surface area contributed by atoms with E-state index in [2.05, 4.69) is 0 Å². The Morgan fingerprint density at radius 2 is 2.50 bits per heavy atom. The Hall–Kier alpha value is -0.770. The molecule has 0 aromatic rings. The molecular weight excluding hydrogens is 132 g/mol. The molecule has 1 rings (SSSR count). The van der Waals surface area contributed by atoms with Crippen molar-refractivity contribution in [2.45, 2.75) is 18.9 Å². The Kier molecular flexibility index (Phi) is 2.11. The second-order valence-corrected chi connectivity index (χ2v) is 2.51. The van der Waals surface area contributed by atoms with Gasteiger partial charge in [-0.25, -0.2) is 4.79 Å². The van der Waals surface area contributed by atoms with Crippen LogP contribution in [-0.4, -0.2) is 35.2 Å². The zero-order valence-corrected chi connectivity index (χ0v) is 5.79. The molecule has 1 aliphatic heterocycles. The Bertz CT molecular complexity index is 138. The molecule has 4 nitrogen and oxygen atoms in total. The Morgan fingerprint density at radius 3 is 2.90 bits per heavy atom. The van der Waals surface area contributed by atoms with Crippen LogP contribution in [-0.2, 0) is 0 Å². The minimum absolute atomic E-state index is 0.0671. The van der Waals surface area contributed by atoms with Gasteiger partial charge in [0.15, 0.2) is 0 Å². The second-order valence-electron chi connectivity index (χ2n) is 2.51. The molecule has 0 bridgehead atoms. The van der Waals surface area contributed by atoms with Crippen LogP contribution in [0.5, 0.6) is 0 Å². The zero-order chi connectivity index (χ0) is 7.56. The zero-order valence-electron chi connectivity index (χ0n) is 5.79. The Morgan fingerprint density at radius 1 is 1.80 bits per heavy atom. The van der Waals surface area contributed by atoms with Crippen molar-refractivity contribution in [1.29, 1.82) is 0 Å². The summed E-state index contributed by atoms with van der Waals surface area (Å²) >= 11 is 0. The van der Waals surface area contributed by atoms with E-state index >= 15 is 0 Å². The summed E-state index contributed by atoms with van der Waals surface area (Å²) in [4.78, 5) is 11.9. The van der Waals surface area contributed by atoms with Gasteiger partial charge in [0.25, 0.3) is 0 Å². The topological polar surface area (TPSA) is 66.6 Å². The normalized spacial score (nSPS) is 25.3. The lowest BCUT2D eigenvalue weighted by atomic mass is 10.2. The van der Waals surface area contributed by atoms with Crippen molar-refractivity contribution in [3.8, 4) is 0 Å². The fourth-order valence-corrected chi connectivity index (χ4v) is 1.33. The molecule has 0 aromatic heterocycles. The average Bonchev–Trinajstić information content (AvgIpc) is 2.33. The summed E-state index contributed by atoms with van der Waals surface area (Å²) in [5.41, 5.74) is 5.36. The molecule has 1 atom stereocenters. The highest BCUT2D eigenvalue weighted by Gasteiger charge is 2.26. The SMILES string of the molecule is NCC1CCCN1C(=O)O. The predicted molar refractivity (Wildman–Crippen MR) is 36.8 cm³/mol. The fraction of sp³-hybridized carbons (Fsp3) is 0.833. The molecule has 0 aromatic carbocycles. The summed E-state index contributed by atoms with van der Waals surface area (Å²) in [6, 6.07) is 0.0671. The third-order valence-corrected chi connectivity index (χ3v) is 1.89. The summed E-state index contributed by atoms with van der Waals surface area (Å²) in [6.07, 6.45) is 1.03. The van der Waals surface area contributed by atoms with Crippen molar-refractivity contribution < 1.29 is 9.90 Å². The van der Waals surface area contributed by atoms with Gasteiger partial charge < -0.3 is 15.7 Å². The van der Waals surface area contributed by atoms with Gasteiger partial charge in [0.1, 0.15) is 0 Å². The molecule has 1 fully saturated rings. The van der Waals surface area contributed by atoms with Crippen LogP contribution in [0.15, 0.2) is 0 Å². The van der Waals surface area contributed by atoms with Crippen molar-refractivity contribution in [2.24, 2.45) is 5.73 Å². The summed E-state index contributed by atoms with van der Waals surface area (Å²) < 4.78 is 0. The Balaban J connectivity index is 2.50. The van der Waals surface area contributed by atoms with E-state index in [0.29, 0.717) is 13.1 Å². The lowest BCUT2D eigenvalue weighted by molar-refractivity contribution is 0.141. The van der Waals surface area contributed by atoms with Crippen molar-refractivity contribution in [3.63, 3.8) is 0 Å². The van der Waals surface area contributed by atoms with E-state index in [9.17, 15) is 4.79 Å². The number of hydrogen-bond acceptors (Lipinski definition) is 2. The molecule has 4 heteroatoms.